The van der Waals surface area contributed by atoms with Crippen LogP contribution in [0.1, 0.15) is 34.6 Å². The summed E-state index contributed by atoms with van der Waals surface area (Å²) in [5, 5.41) is 9.40. The normalized spacial score (nSPS) is 15.3. The number of para-hydroxylation sites is 2. The van der Waals surface area contributed by atoms with E-state index in [2.05, 4.69) is 176 Å². The van der Waals surface area contributed by atoms with Gasteiger partial charge >= 0.3 is 0 Å². The van der Waals surface area contributed by atoms with Crippen LogP contribution in [0.3, 0.4) is 0 Å². The Labute approximate surface area is 330 Å². The van der Waals surface area contributed by atoms with Crippen LogP contribution in [0, 0.1) is 0 Å². The van der Waals surface area contributed by atoms with Crippen LogP contribution in [0.25, 0.3) is 99.3 Å². The number of fused-ring (bicyclic) bond motifs is 9. The van der Waals surface area contributed by atoms with Gasteiger partial charge in [0, 0.05) is 27.5 Å². The van der Waals surface area contributed by atoms with Crippen LogP contribution in [-0.2, 0) is 6.42 Å². The Balaban J connectivity index is 1.05. The molecule has 2 nitrogen and oxygen atoms in total. The lowest BCUT2D eigenvalue weighted by Crippen LogP contribution is -1.99. The second-order valence-electron chi connectivity index (χ2n) is 15.4. The molecule has 0 amide bonds. The summed E-state index contributed by atoms with van der Waals surface area (Å²) in [6.45, 7) is 0. The van der Waals surface area contributed by atoms with Crippen LogP contribution in [0.2, 0.25) is 0 Å². The monoisotopic (exact) mass is 728 g/mol. The molecule has 0 saturated heterocycles. The zero-order valence-electron chi connectivity index (χ0n) is 31.2. The van der Waals surface area contributed by atoms with Crippen molar-refractivity contribution in [3.8, 4) is 22.3 Å². The smallest absolute Gasteiger partial charge is 0.147 e. The molecule has 8 aromatic carbocycles. The lowest BCUT2D eigenvalue weighted by atomic mass is 9.83. The third kappa shape index (κ3) is 4.97. The van der Waals surface area contributed by atoms with E-state index in [0.717, 1.165) is 73.4 Å². The molecule has 2 aliphatic carbocycles. The largest absolute Gasteiger partial charge is 0.455 e. The fourth-order valence-electron chi connectivity index (χ4n) is 9.69. The van der Waals surface area contributed by atoms with Gasteiger partial charge in [0.2, 0.25) is 0 Å². The summed E-state index contributed by atoms with van der Waals surface area (Å²) in [5.41, 5.74) is 14.6. The predicted molar refractivity (Wildman–Crippen MR) is 240 cm³/mol. The van der Waals surface area contributed by atoms with Crippen molar-refractivity contribution in [1.82, 2.24) is 0 Å². The molecule has 2 aromatic heterocycles. The van der Waals surface area contributed by atoms with Crippen molar-refractivity contribution in [3.05, 3.63) is 204 Å². The maximum absolute atomic E-state index is 6.70. The summed E-state index contributed by atoms with van der Waals surface area (Å²) in [6.07, 6.45) is 18.4. The standard InChI is InChI=1S/C55H36O2/c1-2-20-39-34(14-1)16-13-27-40(39)35-15-11-17-36(31-30-35)51-43-23-3-5-25-45(43)52(46-26-6-4-24-44(46)51)37-18-12-19-38(32-37)53-54-47(41-21-7-9-28-49(41)56-54)33-48-42-22-8-10-29-50(42)57-55(48)53/h1,3-19,21-33,36H,2,20H2. The minimum atomic E-state index is 0.0976. The number of furan rings is 2. The SMILES string of the molecule is C1=CC(c2c3ccccc3c(-c3cccc(-c4c5oc6ccccc6c5cc5c4oc4ccccc45)c3)c3ccccc23)C=CC(c2cccc3c2CCC=C3)=C1. The van der Waals surface area contributed by atoms with Crippen molar-refractivity contribution in [2.24, 2.45) is 0 Å². The van der Waals surface area contributed by atoms with E-state index in [0.29, 0.717) is 0 Å². The van der Waals surface area contributed by atoms with Crippen molar-refractivity contribution < 1.29 is 8.83 Å². The van der Waals surface area contributed by atoms with Crippen molar-refractivity contribution in [2.45, 2.75) is 18.8 Å². The molecule has 0 bridgehead atoms. The minimum absolute atomic E-state index is 0.0976. The Hall–Kier alpha value is -7.16. The molecule has 2 aliphatic rings. The molecular formula is C55H36O2. The van der Waals surface area contributed by atoms with Crippen LogP contribution in [0.15, 0.2) is 191 Å². The maximum atomic E-state index is 6.70. The lowest BCUT2D eigenvalue weighted by molar-refractivity contribution is 0.658. The highest BCUT2D eigenvalue weighted by Gasteiger charge is 2.24. The summed E-state index contributed by atoms with van der Waals surface area (Å²) >= 11 is 0. The molecule has 57 heavy (non-hydrogen) atoms. The van der Waals surface area contributed by atoms with Crippen molar-refractivity contribution in [3.63, 3.8) is 0 Å². The lowest BCUT2D eigenvalue weighted by Gasteiger charge is -2.20. The van der Waals surface area contributed by atoms with E-state index in [1.165, 1.54) is 54.9 Å². The zero-order chi connectivity index (χ0) is 37.5. The van der Waals surface area contributed by atoms with E-state index >= 15 is 0 Å². The molecule has 0 spiro atoms. The molecule has 0 radical (unpaired) electrons. The summed E-state index contributed by atoms with van der Waals surface area (Å²) in [5.74, 6) is 0.0976. The van der Waals surface area contributed by atoms with Gasteiger partial charge in [-0.05, 0) is 103 Å². The van der Waals surface area contributed by atoms with Crippen molar-refractivity contribution in [1.29, 1.82) is 0 Å². The van der Waals surface area contributed by atoms with E-state index in [1.54, 1.807) is 0 Å². The van der Waals surface area contributed by atoms with E-state index in [1.807, 2.05) is 12.1 Å². The number of hydrogen-bond donors (Lipinski definition) is 0. The van der Waals surface area contributed by atoms with Crippen LogP contribution in [0.4, 0.5) is 0 Å². The quantitative estimate of drug-likeness (QED) is 0.169. The Morgan fingerprint density at radius 2 is 1.07 bits per heavy atom. The Morgan fingerprint density at radius 3 is 1.75 bits per heavy atom. The summed E-state index contributed by atoms with van der Waals surface area (Å²) in [4.78, 5) is 0. The van der Waals surface area contributed by atoms with Gasteiger partial charge in [0.25, 0.3) is 0 Å². The molecule has 2 heteroatoms. The molecule has 10 aromatic rings. The van der Waals surface area contributed by atoms with Gasteiger partial charge in [-0.25, -0.2) is 0 Å². The average molecular weight is 729 g/mol. The predicted octanol–water partition coefficient (Wildman–Crippen LogP) is 15.4. The van der Waals surface area contributed by atoms with Crippen molar-refractivity contribution >= 4 is 77.1 Å². The van der Waals surface area contributed by atoms with Crippen LogP contribution < -0.4 is 0 Å². The van der Waals surface area contributed by atoms with E-state index < -0.39 is 0 Å². The zero-order valence-corrected chi connectivity index (χ0v) is 31.2. The number of rotatable bonds is 4. The first-order valence-electron chi connectivity index (χ1n) is 19.9. The van der Waals surface area contributed by atoms with E-state index in [9.17, 15) is 0 Å². The van der Waals surface area contributed by atoms with Crippen LogP contribution >= 0.6 is 0 Å². The number of hydrogen-bond acceptors (Lipinski definition) is 2. The number of allylic oxidation sites excluding steroid dienone is 7. The van der Waals surface area contributed by atoms with Gasteiger partial charge in [-0.1, -0.05) is 164 Å². The van der Waals surface area contributed by atoms with Gasteiger partial charge in [-0.15, -0.1) is 0 Å². The fourth-order valence-corrected chi connectivity index (χ4v) is 9.69. The van der Waals surface area contributed by atoms with Gasteiger partial charge in [-0.3, -0.25) is 0 Å². The van der Waals surface area contributed by atoms with Gasteiger partial charge in [-0.2, -0.15) is 0 Å². The van der Waals surface area contributed by atoms with E-state index in [4.69, 9.17) is 8.83 Å². The molecule has 0 N–H and O–H groups in total. The Morgan fingerprint density at radius 1 is 0.474 bits per heavy atom. The highest BCUT2D eigenvalue weighted by Crippen LogP contribution is 2.47. The molecule has 1 unspecified atom stereocenters. The second-order valence-corrected chi connectivity index (χ2v) is 15.4. The molecular weight excluding hydrogens is 693 g/mol. The first-order valence-corrected chi connectivity index (χ1v) is 19.9. The Bertz CT molecular complexity index is 3270. The van der Waals surface area contributed by atoms with Gasteiger partial charge < -0.3 is 8.83 Å². The average Bonchev–Trinajstić information content (AvgIpc) is 3.72. The molecule has 0 fully saturated rings. The highest BCUT2D eigenvalue weighted by molar-refractivity contribution is 6.22. The molecule has 0 saturated carbocycles. The fraction of sp³-hybridized carbons (Fsp3) is 0.0545. The van der Waals surface area contributed by atoms with Crippen molar-refractivity contribution in [2.75, 3.05) is 0 Å². The van der Waals surface area contributed by atoms with Gasteiger partial charge in [0.1, 0.15) is 22.3 Å². The summed E-state index contributed by atoms with van der Waals surface area (Å²) in [7, 11) is 0. The molecule has 12 rings (SSSR count). The maximum Gasteiger partial charge on any atom is 0.147 e. The second kappa shape index (κ2) is 12.7. The van der Waals surface area contributed by atoms with Gasteiger partial charge in [0.05, 0.1) is 5.56 Å². The first kappa shape index (κ1) is 32.1. The van der Waals surface area contributed by atoms with Crippen LogP contribution in [0.5, 0.6) is 0 Å². The third-order valence-corrected chi connectivity index (χ3v) is 12.2. The van der Waals surface area contributed by atoms with Gasteiger partial charge in [0.15, 0.2) is 0 Å². The Kier molecular flexibility index (Phi) is 7.15. The van der Waals surface area contributed by atoms with E-state index in [-0.39, 0.29) is 5.92 Å². The van der Waals surface area contributed by atoms with Crippen LogP contribution in [-0.4, -0.2) is 0 Å². The molecule has 2 heterocycles. The third-order valence-electron chi connectivity index (χ3n) is 12.2. The molecule has 268 valence electrons. The molecule has 1 atom stereocenters. The first-order chi connectivity index (χ1) is 28.3. The summed E-state index contributed by atoms with van der Waals surface area (Å²) in [6, 6.07) is 52.5. The topological polar surface area (TPSA) is 26.3 Å². The minimum Gasteiger partial charge on any atom is -0.455 e. The summed E-state index contributed by atoms with van der Waals surface area (Å²) < 4.78 is 13.4. The number of benzene rings is 8. The highest BCUT2D eigenvalue weighted by atomic mass is 16.3. The molecule has 0 aliphatic heterocycles.